The van der Waals surface area contributed by atoms with Crippen LogP contribution in [-0.4, -0.2) is 51.2 Å². The summed E-state index contributed by atoms with van der Waals surface area (Å²) in [7, 11) is 1.82. The van der Waals surface area contributed by atoms with E-state index in [1.165, 1.54) is 12.1 Å². The van der Waals surface area contributed by atoms with Crippen molar-refractivity contribution in [1.29, 1.82) is 0 Å². The molecule has 0 aliphatic heterocycles. The van der Waals surface area contributed by atoms with Crippen molar-refractivity contribution < 1.29 is 19.0 Å². The summed E-state index contributed by atoms with van der Waals surface area (Å²) in [4.78, 5) is 2.16. The van der Waals surface area contributed by atoms with E-state index in [0.29, 0.717) is 24.7 Å². The molecule has 7 heteroatoms. The second kappa shape index (κ2) is 11.4. The van der Waals surface area contributed by atoms with E-state index in [2.05, 4.69) is 18.7 Å². The predicted octanol–water partition coefficient (Wildman–Crippen LogP) is 5.01. The first-order valence-corrected chi connectivity index (χ1v) is 11.3. The van der Waals surface area contributed by atoms with Gasteiger partial charge in [-0.15, -0.1) is 0 Å². The maximum atomic E-state index is 13.8. The maximum Gasteiger partial charge on any atom is 0.222 e. The van der Waals surface area contributed by atoms with E-state index in [9.17, 15) is 9.50 Å². The molecule has 0 aliphatic rings. The zero-order valence-electron chi connectivity index (χ0n) is 20.0. The van der Waals surface area contributed by atoms with Gasteiger partial charge in [-0.2, -0.15) is 5.10 Å². The molecular weight excluding hydrogens is 421 g/mol. The van der Waals surface area contributed by atoms with Gasteiger partial charge in [0.2, 0.25) is 5.88 Å². The number of hydrogen-bond donors (Lipinski definition) is 1. The van der Waals surface area contributed by atoms with Crippen molar-refractivity contribution >= 4 is 0 Å². The molecule has 1 unspecified atom stereocenters. The summed E-state index contributed by atoms with van der Waals surface area (Å²) >= 11 is 0. The standard InChI is InChI=1S/C26H34FN3O3/c1-18(2)30(15-22(31)17-32-19(3)4)16-24-25(20-10-7-6-8-11-20)28-29(5)26(24)33-23-13-9-12-21(27)14-23/h6-14,18-19,22,31H,15-17H2,1-5H3. The highest BCUT2D eigenvalue weighted by molar-refractivity contribution is 5.65. The number of aryl methyl sites for hydroxylation is 1. The molecule has 0 spiro atoms. The van der Waals surface area contributed by atoms with Crippen LogP contribution in [0.2, 0.25) is 0 Å². The Labute approximate surface area is 195 Å². The number of aliphatic hydroxyl groups excluding tert-OH is 1. The second-order valence-corrected chi connectivity index (χ2v) is 8.74. The molecule has 0 fully saturated rings. The Morgan fingerprint density at radius 2 is 1.79 bits per heavy atom. The normalized spacial score (nSPS) is 12.7. The van der Waals surface area contributed by atoms with Gasteiger partial charge < -0.3 is 14.6 Å². The van der Waals surface area contributed by atoms with Crippen LogP contribution in [-0.2, 0) is 18.3 Å². The van der Waals surface area contributed by atoms with Crippen molar-refractivity contribution in [3.63, 3.8) is 0 Å². The number of aliphatic hydroxyl groups is 1. The highest BCUT2D eigenvalue weighted by atomic mass is 19.1. The molecule has 178 valence electrons. The van der Waals surface area contributed by atoms with Gasteiger partial charge in [-0.05, 0) is 39.8 Å². The molecule has 1 atom stereocenters. The SMILES string of the molecule is CC(C)OCC(O)CN(Cc1c(-c2ccccc2)nn(C)c1Oc1cccc(F)c1)C(C)C. The lowest BCUT2D eigenvalue weighted by molar-refractivity contribution is -0.0137. The Bertz CT molecular complexity index is 1020. The molecule has 0 aliphatic carbocycles. The number of hydrogen-bond acceptors (Lipinski definition) is 5. The van der Waals surface area contributed by atoms with E-state index in [1.54, 1.807) is 16.8 Å². The molecule has 1 N–H and O–H groups in total. The number of aromatic nitrogens is 2. The van der Waals surface area contributed by atoms with E-state index >= 15 is 0 Å². The van der Waals surface area contributed by atoms with Crippen LogP contribution in [0.25, 0.3) is 11.3 Å². The third-order valence-corrected chi connectivity index (χ3v) is 5.30. The largest absolute Gasteiger partial charge is 0.439 e. The monoisotopic (exact) mass is 455 g/mol. The summed E-state index contributed by atoms with van der Waals surface area (Å²) in [6, 6.07) is 16.1. The molecule has 33 heavy (non-hydrogen) atoms. The molecule has 0 saturated carbocycles. The van der Waals surface area contributed by atoms with E-state index in [1.807, 2.05) is 51.2 Å². The topological polar surface area (TPSA) is 59.8 Å². The summed E-state index contributed by atoms with van der Waals surface area (Å²) in [5.41, 5.74) is 2.63. The molecule has 2 aromatic carbocycles. The first kappa shape index (κ1) is 24.9. The van der Waals surface area contributed by atoms with Crippen molar-refractivity contribution in [2.45, 2.75) is 52.5 Å². The molecule has 3 aromatic rings. The fourth-order valence-corrected chi connectivity index (χ4v) is 3.58. The minimum atomic E-state index is -0.626. The number of benzene rings is 2. The summed E-state index contributed by atoms with van der Waals surface area (Å²) in [6.07, 6.45) is -0.569. The number of halogens is 1. The van der Waals surface area contributed by atoms with Gasteiger partial charge in [-0.25, -0.2) is 9.07 Å². The van der Waals surface area contributed by atoms with Gasteiger partial charge in [0, 0.05) is 37.8 Å². The number of rotatable bonds is 11. The van der Waals surface area contributed by atoms with E-state index in [-0.39, 0.29) is 24.6 Å². The third kappa shape index (κ3) is 6.87. The molecule has 0 amide bonds. The molecule has 0 bridgehead atoms. The van der Waals surface area contributed by atoms with Crippen molar-refractivity contribution in [3.05, 3.63) is 66.0 Å². The van der Waals surface area contributed by atoms with Crippen LogP contribution in [0.1, 0.15) is 33.3 Å². The van der Waals surface area contributed by atoms with Crippen LogP contribution in [0.3, 0.4) is 0 Å². The third-order valence-electron chi connectivity index (χ3n) is 5.30. The quantitative estimate of drug-likeness (QED) is 0.440. The Balaban J connectivity index is 1.95. The Morgan fingerprint density at radius 1 is 1.06 bits per heavy atom. The van der Waals surface area contributed by atoms with Crippen LogP contribution in [0.4, 0.5) is 4.39 Å². The average molecular weight is 456 g/mol. The summed E-state index contributed by atoms with van der Waals surface area (Å²) < 4.78 is 27.2. The zero-order chi connectivity index (χ0) is 24.0. The van der Waals surface area contributed by atoms with Gasteiger partial charge in [0.25, 0.3) is 0 Å². The molecule has 0 saturated heterocycles. The molecule has 6 nitrogen and oxygen atoms in total. The second-order valence-electron chi connectivity index (χ2n) is 8.74. The highest BCUT2D eigenvalue weighted by Gasteiger charge is 2.24. The lowest BCUT2D eigenvalue weighted by Crippen LogP contribution is -2.39. The van der Waals surface area contributed by atoms with Gasteiger partial charge in [-0.1, -0.05) is 36.4 Å². The van der Waals surface area contributed by atoms with Gasteiger partial charge in [-0.3, -0.25) is 4.90 Å². The summed E-state index contributed by atoms with van der Waals surface area (Å²) in [5.74, 6) is 0.579. The lowest BCUT2D eigenvalue weighted by Gasteiger charge is -2.29. The highest BCUT2D eigenvalue weighted by Crippen LogP contribution is 2.34. The predicted molar refractivity (Wildman–Crippen MR) is 128 cm³/mol. The van der Waals surface area contributed by atoms with E-state index in [4.69, 9.17) is 14.6 Å². The Kier molecular flexibility index (Phi) is 8.61. The minimum absolute atomic E-state index is 0.0569. The van der Waals surface area contributed by atoms with E-state index in [0.717, 1.165) is 16.8 Å². The molecular formula is C26H34FN3O3. The molecule has 1 heterocycles. The average Bonchev–Trinajstić information content (AvgIpc) is 3.07. The van der Waals surface area contributed by atoms with Crippen molar-refractivity contribution in [2.24, 2.45) is 7.05 Å². The van der Waals surface area contributed by atoms with Gasteiger partial charge in [0.05, 0.1) is 24.4 Å². The number of nitrogens with zero attached hydrogens (tertiary/aromatic N) is 3. The Morgan fingerprint density at radius 3 is 2.42 bits per heavy atom. The van der Waals surface area contributed by atoms with Gasteiger partial charge in [0.1, 0.15) is 17.3 Å². The maximum absolute atomic E-state index is 13.8. The fourth-order valence-electron chi connectivity index (χ4n) is 3.58. The van der Waals surface area contributed by atoms with Crippen molar-refractivity contribution in [2.75, 3.05) is 13.2 Å². The van der Waals surface area contributed by atoms with Crippen LogP contribution in [0, 0.1) is 5.82 Å². The van der Waals surface area contributed by atoms with Gasteiger partial charge in [0.15, 0.2) is 0 Å². The smallest absolute Gasteiger partial charge is 0.222 e. The van der Waals surface area contributed by atoms with Crippen LogP contribution >= 0.6 is 0 Å². The first-order chi connectivity index (χ1) is 15.7. The first-order valence-electron chi connectivity index (χ1n) is 11.3. The van der Waals surface area contributed by atoms with Crippen LogP contribution < -0.4 is 4.74 Å². The molecule has 0 radical (unpaired) electrons. The summed E-state index contributed by atoms with van der Waals surface area (Å²) in [5, 5.41) is 15.3. The van der Waals surface area contributed by atoms with Crippen molar-refractivity contribution in [1.82, 2.24) is 14.7 Å². The Hall–Kier alpha value is -2.74. The minimum Gasteiger partial charge on any atom is -0.439 e. The number of ether oxygens (including phenoxy) is 2. The summed E-state index contributed by atoms with van der Waals surface area (Å²) in [6.45, 7) is 9.27. The van der Waals surface area contributed by atoms with E-state index < -0.39 is 6.10 Å². The van der Waals surface area contributed by atoms with Crippen LogP contribution in [0.15, 0.2) is 54.6 Å². The van der Waals surface area contributed by atoms with Crippen LogP contribution in [0.5, 0.6) is 11.6 Å². The fraction of sp³-hybridized carbons (Fsp3) is 0.423. The zero-order valence-corrected chi connectivity index (χ0v) is 20.0. The molecule has 1 aromatic heterocycles. The lowest BCUT2D eigenvalue weighted by atomic mass is 10.1. The van der Waals surface area contributed by atoms with Crippen molar-refractivity contribution in [3.8, 4) is 22.9 Å². The van der Waals surface area contributed by atoms with Gasteiger partial charge >= 0.3 is 0 Å². The molecule has 3 rings (SSSR count).